The van der Waals surface area contributed by atoms with Crippen LogP contribution >= 0.6 is 0 Å². The molecular weight excluding hydrogens is 260 g/mol. The van der Waals surface area contributed by atoms with Crippen LogP contribution in [0.1, 0.15) is 11.3 Å². The maximum absolute atomic E-state index is 8.99. The van der Waals surface area contributed by atoms with Crippen LogP contribution in [-0.4, -0.2) is 16.1 Å². The molecule has 0 bridgehead atoms. The van der Waals surface area contributed by atoms with Gasteiger partial charge in [0.25, 0.3) is 0 Å². The predicted octanol–water partition coefficient (Wildman–Crippen LogP) is 2.70. The average molecular weight is 276 g/mol. The fourth-order valence-electron chi connectivity index (χ4n) is 2.37. The van der Waals surface area contributed by atoms with E-state index in [1.807, 2.05) is 36.4 Å². The Kier molecular flexibility index (Phi) is 3.95. The van der Waals surface area contributed by atoms with Crippen LogP contribution in [0.3, 0.4) is 0 Å². The van der Waals surface area contributed by atoms with Crippen molar-refractivity contribution in [1.29, 1.82) is 5.26 Å². The molecule has 0 atom stereocenters. The fraction of sp³-hybridized carbons (Fsp3) is 0.176. The molecule has 0 saturated carbocycles. The van der Waals surface area contributed by atoms with Gasteiger partial charge in [-0.05, 0) is 35.7 Å². The molecule has 2 aromatic heterocycles. The molecule has 0 aliphatic heterocycles. The Morgan fingerprint density at radius 3 is 2.95 bits per heavy atom. The minimum atomic E-state index is 0.698. The van der Waals surface area contributed by atoms with Gasteiger partial charge in [-0.15, -0.1) is 0 Å². The molecule has 0 unspecified atom stereocenters. The van der Waals surface area contributed by atoms with Crippen LogP contribution in [0.2, 0.25) is 0 Å². The Hall–Kier alpha value is -2.64. The molecule has 1 N–H and O–H groups in total. The Labute approximate surface area is 123 Å². The van der Waals surface area contributed by atoms with E-state index in [1.54, 1.807) is 6.20 Å². The second-order valence-corrected chi connectivity index (χ2v) is 4.89. The van der Waals surface area contributed by atoms with Crippen LogP contribution in [0.15, 0.2) is 54.9 Å². The summed E-state index contributed by atoms with van der Waals surface area (Å²) in [5.74, 6) is 0. The maximum Gasteiger partial charge on any atom is 0.0992 e. The van der Waals surface area contributed by atoms with E-state index in [-0.39, 0.29) is 0 Å². The van der Waals surface area contributed by atoms with Crippen molar-refractivity contribution in [3.8, 4) is 6.07 Å². The highest BCUT2D eigenvalue weighted by Gasteiger charge is 2.02. The van der Waals surface area contributed by atoms with E-state index in [4.69, 9.17) is 5.26 Å². The van der Waals surface area contributed by atoms with E-state index < -0.39 is 0 Å². The summed E-state index contributed by atoms with van der Waals surface area (Å²) in [5, 5.41) is 13.5. The average Bonchev–Trinajstić information content (AvgIpc) is 2.95. The molecule has 0 amide bonds. The molecule has 0 radical (unpaired) electrons. The summed E-state index contributed by atoms with van der Waals surface area (Å²) in [6.45, 7) is 2.49. The topological polar surface area (TPSA) is 53.6 Å². The van der Waals surface area contributed by atoms with Gasteiger partial charge in [0.1, 0.15) is 0 Å². The van der Waals surface area contributed by atoms with Crippen LogP contribution in [0, 0.1) is 11.3 Å². The molecule has 0 fully saturated rings. The maximum atomic E-state index is 8.99. The van der Waals surface area contributed by atoms with Gasteiger partial charge in [-0.25, -0.2) is 0 Å². The minimum absolute atomic E-state index is 0.698. The highest BCUT2D eigenvalue weighted by molar-refractivity contribution is 5.81. The fourth-order valence-corrected chi connectivity index (χ4v) is 2.37. The summed E-state index contributed by atoms with van der Waals surface area (Å²) in [5.41, 5.74) is 2.85. The molecule has 2 heterocycles. The van der Waals surface area contributed by atoms with E-state index in [2.05, 4.69) is 33.2 Å². The number of nitriles is 1. The predicted molar refractivity (Wildman–Crippen MR) is 82.6 cm³/mol. The van der Waals surface area contributed by atoms with Gasteiger partial charge in [0.05, 0.1) is 17.3 Å². The van der Waals surface area contributed by atoms with Crippen LogP contribution in [0.4, 0.5) is 0 Å². The number of aromatic nitrogens is 2. The van der Waals surface area contributed by atoms with Crippen molar-refractivity contribution < 1.29 is 0 Å². The number of rotatable bonds is 5. The van der Waals surface area contributed by atoms with E-state index >= 15 is 0 Å². The summed E-state index contributed by atoms with van der Waals surface area (Å²) in [4.78, 5) is 4.28. The lowest BCUT2D eigenvalue weighted by molar-refractivity contribution is 0.603. The van der Waals surface area contributed by atoms with Gasteiger partial charge in [0, 0.05) is 37.5 Å². The molecular formula is C17H16N4. The zero-order valence-electron chi connectivity index (χ0n) is 11.7. The molecule has 21 heavy (non-hydrogen) atoms. The third kappa shape index (κ3) is 3.10. The van der Waals surface area contributed by atoms with E-state index in [0.717, 1.165) is 30.8 Å². The van der Waals surface area contributed by atoms with Crippen LogP contribution in [0.5, 0.6) is 0 Å². The quantitative estimate of drug-likeness (QED) is 0.729. The first kappa shape index (κ1) is 13.3. The lowest BCUT2D eigenvalue weighted by Crippen LogP contribution is -2.19. The highest BCUT2D eigenvalue weighted by Crippen LogP contribution is 2.17. The number of hydrogen-bond donors (Lipinski definition) is 1. The summed E-state index contributed by atoms with van der Waals surface area (Å²) in [7, 11) is 0. The Bertz CT molecular complexity index is 768. The monoisotopic (exact) mass is 276 g/mol. The normalized spacial score (nSPS) is 10.6. The number of nitrogens with zero attached hydrogens (tertiary/aromatic N) is 3. The van der Waals surface area contributed by atoms with Gasteiger partial charge in [-0.3, -0.25) is 4.98 Å². The minimum Gasteiger partial charge on any atom is -0.346 e. The first-order valence-electron chi connectivity index (χ1n) is 6.96. The molecule has 3 rings (SSSR count). The molecule has 0 saturated heterocycles. The number of benzene rings is 1. The van der Waals surface area contributed by atoms with E-state index in [9.17, 15) is 0 Å². The third-order valence-electron chi connectivity index (χ3n) is 3.46. The molecule has 0 aliphatic carbocycles. The number of nitrogens with one attached hydrogen (secondary N) is 1. The third-order valence-corrected chi connectivity index (χ3v) is 3.46. The smallest absolute Gasteiger partial charge is 0.0992 e. The van der Waals surface area contributed by atoms with Gasteiger partial charge >= 0.3 is 0 Å². The van der Waals surface area contributed by atoms with Crippen LogP contribution < -0.4 is 5.32 Å². The van der Waals surface area contributed by atoms with Crippen molar-refractivity contribution in [3.05, 3.63) is 66.1 Å². The molecule has 4 nitrogen and oxygen atoms in total. The Balaban J connectivity index is 1.62. The van der Waals surface area contributed by atoms with Gasteiger partial charge in [-0.1, -0.05) is 12.1 Å². The molecule has 3 aromatic rings. The van der Waals surface area contributed by atoms with Crippen molar-refractivity contribution in [2.45, 2.75) is 13.1 Å². The second-order valence-electron chi connectivity index (χ2n) is 4.89. The SMILES string of the molecule is N#Cc1ccc2ccn(CCNCc3ccccn3)c2c1. The molecule has 0 aliphatic rings. The van der Waals surface area contributed by atoms with Gasteiger partial charge in [-0.2, -0.15) is 5.26 Å². The summed E-state index contributed by atoms with van der Waals surface area (Å²) >= 11 is 0. The van der Waals surface area contributed by atoms with Gasteiger partial charge in [0.2, 0.25) is 0 Å². The Morgan fingerprint density at radius 1 is 1.19 bits per heavy atom. The largest absolute Gasteiger partial charge is 0.346 e. The molecule has 1 aromatic carbocycles. The van der Waals surface area contributed by atoms with Crippen molar-refractivity contribution >= 4 is 10.9 Å². The van der Waals surface area contributed by atoms with Gasteiger partial charge < -0.3 is 9.88 Å². The highest BCUT2D eigenvalue weighted by atomic mass is 15.0. The lowest BCUT2D eigenvalue weighted by Gasteiger charge is -2.07. The summed E-state index contributed by atoms with van der Waals surface area (Å²) < 4.78 is 2.17. The van der Waals surface area contributed by atoms with Crippen molar-refractivity contribution in [2.75, 3.05) is 6.54 Å². The van der Waals surface area contributed by atoms with Gasteiger partial charge in [0.15, 0.2) is 0 Å². The number of pyridine rings is 1. The Morgan fingerprint density at radius 2 is 2.14 bits per heavy atom. The first-order valence-corrected chi connectivity index (χ1v) is 6.96. The molecule has 4 heteroatoms. The summed E-state index contributed by atoms with van der Waals surface area (Å²) in [6.07, 6.45) is 3.87. The standard InChI is InChI=1S/C17H16N4/c18-12-14-4-5-15-6-9-21(17(15)11-14)10-8-19-13-16-3-1-2-7-20-16/h1-7,9,11,19H,8,10,13H2. The summed E-state index contributed by atoms with van der Waals surface area (Å²) in [6, 6.07) is 16.0. The van der Waals surface area contributed by atoms with E-state index in [1.165, 1.54) is 5.39 Å². The zero-order chi connectivity index (χ0) is 14.5. The number of hydrogen-bond acceptors (Lipinski definition) is 3. The van der Waals surface area contributed by atoms with E-state index in [0.29, 0.717) is 5.56 Å². The number of fused-ring (bicyclic) bond motifs is 1. The van der Waals surface area contributed by atoms with Crippen molar-refractivity contribution in [2.24, 2.45) is 0 Å². The molecule has 0 spiro atoms. The van der Waals surface area contributed by atoms with Crippen molar-refractivity contribution in [3.63, 3.8) is 0 Å². The van der Waals surface area contributed by atoms with Crippen LogP contribution in [0.25, 0.3) is 10.9 Å². The lowest BCUT2D eigenvalue weighted by atomic mass is 10.2. The second kappa shape index (κ2) is 6.21. The van der Waals surface area contributed by atoms with Crippen molar-refractivity contribution in [1.82, 2.24) is 14.9 Å². The zero-order valence-corrected chi connectivity index (χ0v) is 11.7. The van der Waals surface area contributed by atoms with Crippen LogP contribution in [-0.2, 0) is 13.1 Å². The molecule has 104 valence electrons. The first-order chi connectivity index (χ1) is 10.4.